The van der Waals surface area contributed by atoms with E-state index in [2.05, 4.69) is 35.8 Å². The van der Waals surface area contributed by atoms with Crippen molar-refractivity contribution in [1.82, 2.24) is 0 Å². The molecule has 0 saturated carbocycles. The fourth-order valence-corrected chi connectivity index (χ4v) is 1.71. The van der Waals surface area contributed by atoms with Gasteiger partial charge >= 0.3 is 0 Å². The van der Waals surface area contributed by atoms with Crippen LogP contribution in [0.2, 0.25) is 0 Å². The quantitative estimate of drug-likeness (QED) is 0.750. The largest absolute Gasteiger partial charge is 0.492 e. The van der Waals surface area contributed by atoms with Crippen molar-refractivity contribution in [3.8, 4) is 5.75 Å². The molecule has 0 aliphatic carbocycles. The van der Waals surface area contributed by atoms with Crippen LogP contribution < -0.4 is 4.74 Å². The molecule has 14 heavy (non-hydrogen) atoms. The SMILES string of the molecule is CC(C)c1cc(Br)ccc1OCCCl. The summed E-state index contributed by atoms with van der Waals surface area (Å²) in [7, 11) is 0. The van der Waals surface area contributed by atoms with E-state index in [-0.39, 0.29) is 0 Å². The lowest BCUT2D eigenvalue weighted by Crippen LogP contribution is -2.02. The van der Waals surface area contributed by atoms with Gasteiger partial charge in [0.1, 0.15) is 12.4 Å². The number of hydrogen-bond acceptors (Lipinski definition) is 1. The molecule has 78 valence electrons. The molecule has 1 aromatic rings. The Labute approximate surface area is 98.5 Å². The Balaban J connectivity index is 2.90. The van der Waals surface area contributed by atoms with Crippen molar-refractivity contribution >= 4 is 27.5 Å². The molecular weight excluding hydrogens is 263 g/mol. The summed E-state index contributed by atoms with van der Waals surface area (Å²) in [6.07, 6.45) is 0. The minimum Gasteiger partial charge on any atom is -0.492 e. The predicted octanol–water partition coefficient (Wildman–Crippen LogP) is 4.19. The van der Waals surface area contributed by atoms with E-state index in [1.807, 2.05) is 12.1 Å². The lowest BCUT2D eigenvalue weighted by molar-refractivity contribution is 0.337. The van der Waals surface area contributed by atoms with Gasteiger partial charge in [0, 0.05) is 4.47 Å². The van der Waals surface area contributed by atoms with Gasteiger partial charge in [-0.3, -0.25) is 0 Å². The molecule has 0 atom stereocenters. The highest BCUT2D eigenvalue weighted by Gasteiger charge is 2.07. The molecule has 0 aliphatic heterocycles. The van der Waals surface area contributed by atoms with Crippen LogP contribution in [-0.4, -0.2) is 12.5 Å². The van der Waals surface area contributed by atoms with Gasteiger partial charge < -0.3 is 4.74 Å². The lowest BCUT2D eigenvalue weighted by Gasteiger charge is -2.13. The molecular formula is C11H14BrClO. The zero-order valence-corrected chi connectivity index (χ0v) is 10.7. The molecule has 0 spiro atoms. The zero-order valence-electron chi connectivity index (χ0n) is 8.39. The number of alkyl halides is 1. The van der Waals surface area contributed by atoms with Crippen LogP contribution in [0, 0.1) is 0 Å². The smallest absolute Gasteiger partial charge is 0.122 e. The van der Waals surface area contributed by atoms with Crippen molar-refractivity contribution in [3.05, 3.63) is 28.2 Å². The summed E-state index contributed by atoms with van der Waals surface area (Å²) in [4.78, 5) is 0. The Kier molecular flexibility index (Phi) is 4.76. The van der Waals surface area contributed by atoms with E-state index in [9.17, 15) is 0 Å². The number of halogens is 2. The number of ether oxygens (including phenoxy) is 1. The molecule has 0 bridgehead atoms. The Morgan fingerprint density at radius 1 is 1.43 bits per heavy atom. The molecule has 1 aromatic carbocycles. The van der Waals surface area contributed by atoms with Gasteiger partial charge in [0.15, 0.2) is 0 Å². The van der Waals surface area contributed by atoms with E-state index >= 15 is 0 Å². The van der Waals surface area contributed by atoms with Crippen LogP contribution in [-0.2, 0) is 0 Å². The first-order valence-corrected chi connectivity index (χ1v) is 5.96. The molecule has 0 fully saturated rings. The van der Waals surface area contributed by atoms with Crippen molar-refractivity contribution < 1.29 is 4.74 Å². The summed E-state index contributed by atoms with van der Waals surface area (Å²) in [5.74, 6) is 1.91. The van der Waals surface area contributed by atoms with Crippen LogP contribution in [0.3, 0.4) is 0 Å². The van der Waals surface area contributed by atoms with Crippen LogP contribution in [0.1, 0.15) is 25.3 Å². The topological polar surface area (TPSA) is 9.23 Å². The van der Waals surface area contributed by atoms with Gasteiger partial charge in [-0.05, 0) is 29.7 Å². The van der Waals surface area contributed by atoms with E-state index in [1.165, 1.54) is 5.56 Å². The fourth-order valence-electron chi connectivity index (χ4n) is 1.25. The minimum atomic E-state index is 0.456. The molecule has 0 N–H and O–H groups in total. The summed E-state index contributed by atoms with van der Waals surface area (Å²) < 4.78 is 6.63. The van der Waals surface area contributed by atoms with Gasteiger partial charge in [0.2, 0.25) is 0 Å². The molecule has 0 heterocycles. The summed E-state index contributed by atoms with van der Waals surface area (Å²) in [6, 6.07) is 6.05. The average Bonchev–Trinajstić information content (AvgIpc) is 2.15. The third-order valence-corrected chi connectivity index (χ3v) is 2.58. The van der Waals surface area contributed by atoms with Crippen LogP contribution in [0.4, 0.5) is 0 Å². The highest BCUT2D eigenvalue weighted by atomic mass is 79.9. The Morgan fingerprint density at radius 3 is 2.71 bits per heavy atom. The van der Waals surface area contributed by atoms with Crippen LogP contribution >= 0.6 is 27.5 Å². The molecule has 0 aromatic heterocycles. The zero-order chi connectivity index (χ0) is 10.6. The van der Waals surface area contributed by atoms with Gasteiger partial charge in [-0.15, -0.1) is 11.6 Å². The highest BCUT2D eigenvalue weighted by Crippen LogP contribution is 2.29. The van der Waals surface area contributed by atoms with Gasteiger partial charge in [0.25, 0.3) is 0 Å². The Morgan fingerprint density at radius 2 is 2.14 bits per heavy atom. The maximum atomic E-state index is 5.58. The summed E-state index contributed by atoms with van der Waals surface area (Å²) in [5, 5.41) is 0. The first kappa shape index (κ1) is 11.9. The maximum absolute atomic E-state index is 5.58. The molecule has 0 amide bonds. The summed E-state index contributed by atoms with van der Waals surface area (Å²) >= 11 is 9.03. The van der Waals surface area contributed by atoms with E-state index < -0.39 is 0 Å². The monoisotopic (exact) mass is 276 g/mol. The first-order chi connectivity index (χ1) is 6.65. The van der Waals surface area contributed by atoms with Gasteiger partial charge in [-0.2, -0.15) is 0 Å². The van der Waals surface area contributed by atoms with Crippen molar-refractivity contribution in [3.63, 3.8) is 0 Å². The standard InChI is InChI=1S/C11H14BrClO/c1-8(2)10-7-9(12)3-4-11(10)14-6-5-13/h3-4,7-8H,5-6H2,1-2H3. The normalized spacial score (nSPS) is 10.6. The fraction of sp³-hybridized carbons (Fsp3) is 0.455. The molecule has 0 saturated heterocycles. The van der Waals surface area contributed by atoms with Crippen molar-refractivity contribution in [1.29, 1.82) is 0 Å². The van der Waals surface area contributed by atoms with Crippen molar-refractivity contribution in [2.75, 3.05) is 12.5 Å². The second-order valence-electron chi connectivity index (χ2n) is 3.37. The lowest BCUT2D eigenvalue weighted by atomic mass is 10.0. The molecule has 1 nitrogen and oxygen atoms in total. The van der Waals surface area contributed by atoms with E-state index in [1.54, 1.807) is 0 Å². The van der Waals surface area contributed by atoms with E-state index in [0.29, 0.717) is 18.4 Å². The van der Waals surface area contributed by atoms with Crippen LogP contribution in [0.5, 0.6) is 5.75 Å². The molecule has 0 unspecified atom stereocenters. The third-order valence-electron chi connectivity index (χ3n) is 1.93. The Bertz CT molecular complexity index is 299. The van der Waals surface area contributed by atoms with Gasteiger partial charge in [-0.1, -0.05) is 29.8 Å². The number of rotatable bonds is 4. The molecule has 0 radical (unpaired) electrons. The maximum Gasteiger partial charge on any atom is 0.122 e. The second-order valence-corrected chi connectivity index (χ2v) is 4.67. The summed E-state index contributed by atoms with van der Waals surface area (Å²) in [5.41, 5.74) is 1.21. The van der Waals surface area contributed by atoms with Gasteiger partial charge in [0.05, 0.1) is 5.88 Å². The van der Waals surface area contributed by atoms with Gasteiger partial charge in [-0.25, -0.2) is 0 Å². The highest BCUT2D eigenvalue weighted by molar-refractivity contribution is 9.10. The number of hydrogen-bond donors (Lipinski definition) is 0. The minimum absolute atomic E-state index is 0.456. The molecule has 3 heteroatoms. The van der Waals surface area contributed by atoms with Crippen LogP contribution in [0.15, 0.2) is 22.7 Å². The van der Waals surface area contributed by atoms with Crippen LogP contribution in [0.25, 0.3) is 0 Å². The molecule has 0 aliphatic rings. The average molecular weight is 278 g/mol. The van der Waals surface area contributed by atoms with E-state index in [4.69, 9.17) is 16.3 Å². The number of benzene rings is 1. The molecule has 1 rings (SSSR count). The Hall–Kier alpha value is -0.210. The van der Waals surface area contributed by atoms with E-state index in [0.717, 1.165) is 10.2 Å². The second kappa shape index (κ2) is 5.62. The first-order valence-electron chi connectivity index (χ1n) is 4.63. The van der Waals surface area contributed by atoms with Crippen molar-refractivity contribution in [2.24, 2.45) is 0 Å². The van der Waals surface area contributed by atoms with Crippen molar-refractivity contribution in [2.45, 2.75) is 19.8 Å². The summed E-state index contributed by atoms with van der Waals surface area (Å²) in [6.45, 7) is 4.85. The third kappa shape index (κ3) is 3.18. The predicted molar refractivity (Wildman–Crippen MR) is 64.4 cm³/mol.